The van der Waals surface area contributed by atoms with Gasteiger partial charge in [-0.05, 0) is 26.2 Å². The Kier molecular flexibility index (Phi) is 4.52. The van der Waals surface area contributed by atoms with Crippen molar-refractivity contribution in [3.63, 3.8) is 0 Å². The Morgan fingerprint density at radius 1 is 1.47 bits per heavy atom. The molecular weight excluding hydrogens is 262 g/mol. The maximum Gasteiger partial charge on any atom is 0.247 e. The number of hydrogen-bond donors (Lipinski definition) is 0. The Morgan fingerprint density at radius 3 is 2.74 bits per heavy atom. The summed E-state index contributed by atoms with van der Waals surface area (Å²) < 4.78 is 0. The zero-order chi connectivity index (χ0) is 13.8. The summed E-state index contributed by atoms with van der Waals surface area (Å²) in [6, 6.07) is 0. The summed E-state index contributed by atoms with van der Waals surface area (Å²) in [5.41, 5.74) is 1.13. The molecule has 1 aliphatic heterocycles. The number of anilines is 1. The first-order valence-corrected chi connectivity index (χ1v) is 7.50. The second-order valence-corrected chi connectivity index (χ2v) is 5.75. The van der Waals surface area contributed by atoms with E-state index in [9.17, 15) is 10.1 Å². The highest BCUT2D eigenvalue weighted by Gasteiger charge is 2.17. The van der Waals surface area contributed by atoms with Gasteiger partial charge in [-0.1, -0.05) is 18.3 Å². The number of piperidine rings is 1. The molecular formula is C13H19N3O2S. The standard InChI is InChI=1S/C13H19N3O2S/c1-3-11(16(17)18)9-12-10(2)14-13(19-12)15-7-5-4-6-8-15/h9H,3-8H2,1-2H3. The van der Waals surface area contributed by atoms with Crippen LogP contribution in [0.4, 0.5) is 5.13 Å². The zero-order valence-corrected chi connectivity index (χ0v) is 12.2. The summed E-state index contributed by atoms with van der Waals surface area (Å²) in [4.78, 5) is 18.3. The highest BCUT2D eigenvalue weighted by molar-refractivity contribution is 7.16. The number of aryl methyl sites for hydroxylation is 1. The summed E-state index contributed by atoms with van der Waals surface area (Å²) >= 11 is 1.56. The predicted octanol–water partition coefficient (Wildman–Crippen LogP) is 3.47. The van der Waals surface area contributed by atoms with Crippen molar-refractivity contribution in [2.75, 3.05) is 18.0 Å². The third-order valence-electron chi connectivity index (χ3n) is 3.34. The summed E-state index contributed by atoms with van der Waals surface area (Å²) in [7, 11) is 0. The lowest BCUT2D eigenvalue weighted by molar-refractivity contribution is -0.425. The fraction of sp³-hybridized carbons (Fsp3) is 0.615. The van der Waals surface area contributed by atoms with E-state index >= 15 is 0 Å². The van der Waals surface area contributed by atoms with E-state index in [0.717, 1.165) is 28.8 Å². The van der Waals surface area contributed by atoms with Gasteiger partial charge in [0, 0.05) is 25.6 Å². The van der Waals surface area contributed by atoms with Gasteiger partial charge in [-0.25, -0.2) is 4.98 Å². The number of nitrogens with zero attached hydrogens (tertiary/aromatic N) is 3. The second kappa shape index (κ2) is 6.14. The van der Waals surface area contributed by atoms with Crippen LogP contribution in [0.25, 0.3) is 6.08 Å². The molecule has 0 atom stereocenters. The topological polar surface area (TPSA) is 59.3 Å². The van der Waals surface area contributed by atoms with Crippen LogP contribution in [-0.4, -0.2) is 23.0 Å². The zero-order valence-electron chi connectivity index (χ0n) is 11.4. The molecule has 0 N–H and O–H groups in total. The fourth-order valence-electron chi connectivity index (χ4n) is 2.18. The van der Waals surface area contributed by atoms with E-state index in [1.165, 1.54) is 19.3 Å². The van der Waals surface area contributed by atoms with Gasteiger partial charge in [0.15, 0.2) is 5.13 Å². The van der Waals surface area contributed by atoms with Crippen molar-refractivity contribution in [1.29, 1.82) is 0 Å². The molecule has 104 valence electrons. The number of thiazole rings is 1. The lowest BCUT2D eigenvalue weighted by atomic mass is 10.1. The average molecular weight is 281 g/mol. The van der Waals surface area contributed by atoms with Crippen molar-refractivity contribution in [3.8, 4) is 0 Å². The van der Waals surface area contributed by atoms with Gasteiger partial charge in [-0.3, -0.25) is 10.1 Å². The molecule has 0 saturated carbocycles. The maximum atomic E-state index is 10.9. The summed E-state index contributed by atoms with van der Waals surface area (Å²) in [5.74, 6) is 0. The third-order valence-corrected chi connectivity index (χ3v) is 4.51. The van der Waals surface area contributed by atoms with Crippen molar-refractivity contribution in [3.05, 3.63) is 26.4 Å². The molecule has 0 aromatic carbocycles. The molecule has 1 aromatic rings. The molecule has 0 bridgehead atoms. The molecule has 1 saturated heterocycles. The van der Waals surface area contributed by atoms with E-state index in [4.69, 9.17) is 0 Å². The van der Waals surface area contributed by atoms with Gasteiger partial charge in [0.05, 0.1) is 15.5 Å². The Labute approximate surface area is 117 Å². The first kappa shape index (κ1) is 14.0. The molecule has 0 radical (unpaired) electrons. The highest BCUT2D eigenvalue weighted by atomic mass is 32.1. The van der Waals surface area contributed by atoms with Crippen molar-refractivity contribution < 1.29 is 4.92 Å². The average Bonchev–Trinajstić information content (AvgIpc) is 2.78. The predicted molar refractivity (Wildman–Crippen MR) is 78.2 cm³/mol. The van der Waals surface area contributed by atoms with Crippen LogP contribution in [0.5, 0.6) is 0 Å². The van der Waals surface area contributed by atoms with Crippen molar-refractivity contribution in [2.45, 2.75) is 39.5 Å². The molecule has 1 fully saturated rings. The van der Waals surface area contributed by atoms with Crippen molar-refractivity contribution in [1.82, 2.24) is 4.98 Å². The van der Waals surface area contributed by atoms with E-state index in [-0.39, 0.29) is 10.6 Å². The molecule has 2 heterocycles. The van der Waals surface area contributed by atoms with Gasteiger partial charge in [-0.15, -0.1) is 0 Å². The molecule has 0 amide bonds. The quantitative estimate of drug-likeness (QED) is 0.626. The van der Waals surface area contributed by atoms with E-state index in [0.29, 0.717) is 6.42 Å². The molecule has 19 heavy (non-hydrogen) atoms. The fourth-order valence-corrected chi connectivity index (χ4v) is 3.26. The maximum absolute atomic E-state index is 10.9. The number of hydrogen-bond acceptors (Lipinski definition) is 5. The Balaban J connectivity index is 2.23. The molecule has 2 rings (SSSR count). The van der Waals surface area contributed by atoms with Crippen LogP contribution in [0.3, 0.4) is 0 Å². The minimum absolute atomic E-state index is 0.247. The molecule has 1 aliphatic rings. The second-order valence-electron chi connectivity index (χ2n) is 4.74. The Hall–Kier alpha value is -1.43. The number of rotatable bonds is 4. The smallest absolute Gasteiger partial charge is 0.247 e. The van der Waals surface area contributed by atoms with Crippen molar-refractivity contribution in [2.24, 2.45) is 0 Å². The van der Waals surface area contributed by atoms with Gasteiger partial charge < -0.3 is 4.90 Å². The van der Waals surface area contributed by atoms with Crippen LogP contribution in [0.2, 0.25) is 0 Å². The van der Waals surface area contributed by atoms with Gasteiger partial charge in [0.1, 0.15) is 0 Å². The van der Waals surface area contributed by atoms with E-state index < -0.39 is 0 Å². The van der Waals surface area contributed by atoms with E-state index in [1.54, 1.807) is 24.3 Å². The van der Waals surface area contributed by atoms with Gasteiger partial charge >= 0.3 is 0 Å². The third kappa shape index (κ3) is 3.32. The van der Waals surface area contributed by atoms with Gasteiger partial charge in [0.25, 0.3) is 0 Å². The largest absolute Gasteiger partial charge is 0.348 e. The Bertz CT molecular complexity index is 490. The van der Waals surface area contributed by atoms with Crippen LogP contribution in [0, 0.1) is 17.0 Å². The molecule has 0 aliphatic carbocycles. The minimum atomic E-state index is -0.306. The van der Waals surface area contributed by atoms with Crippen molar-refractivity contribution >= 4 is 22.5 Å². The SMILES string of the molecule is CCC(=Cc1sc(N2CCCCC2)nc1C)[N+](=O)[O-]. The van der Waals surface area contributed by atoms with Crippen LogP contribution < -0.4 is 4.90 Å². The van der Waals surface area contributed by atoms with Crippen LogP contribution >= 0.6 is 11.3 Å². The van der Waals surface area contributed by atoms with E-state index in [1.807, 2.05) is 6.92 Å². The number of allylic oxidation sites excluding steroid dienone is 1. The molecule has 0 spiro atoms. The molecule has 5 nitrogen and oxygen atoms in total. The van der Waals surface area contributed by atoms with Gasteiger partial charge in [0.2, 0.25) is 5.70 Å². The van der Waals surface area contributed by atoms with Crippen LogP contribution in [0.15, 0.2) is 5.70 Å². The van der Waals surface area contributed by atoms with Crippen LogP contribution in [-0.2, 0) is 0 Å². The first-order chi connectivity index (χ1) is 9.11. The molecule has 1 aromatic heterocycles. The number of aromatic nitrogens is 1. The minimum Gasteiger partial charge on any atom is -0.348 e. The first-order valence-electron chi connectivity index (χ1n) is 6.69. The monoisotopic (exact) mass is 281 g/mol. The lowest BCUT2D eigenvalue weighted by Gasteiger charge is -2.25. The summed E-state index contributed by atoms with van der Waals surface area (Å²) in [6.07, 6.45) is 5.80. The molecule has 0 unspecified atom stereocenters. The highest BCUT2D eigenvalue weighted by Crippen LogP contribution is 2.30. The lowest BCUT2D eigenvalue weighted by Crippen LogP contribution is -2.29. The summed E-state index contributed by atoms with van der Waals surface area (Å²) in [5, 5.41) is 11.9. The Morgan fingerprint density at radius 2 is 2.16 bits per heavy atom. The molecule has 6 heteroatoms. The normalized spacial score (nSPS) is 16.7. The van der Waals surface area contributed by atoms with Crippen LogP contribution in [0.1, 0.15) is 43.2 Å². The number of nitro groups is 1. The summed E-state index contributed by atoms with van der Waals surface area (Å²) in [6.45, 7) is 5.82. The van der Waals surface area contributed by atoms with Gasteiger partial charge in [-0.2, -0.15) is 0 Å². The van der Waals surface area contributed by atoms with E-state index in [2.05, 4.69) is 9.88 Å².